The molecule has 25 heavy (non-hydrogen) atoms. The van der Waals surface area contributed by atoms with Crippen LogP contribution in [0.5, 0.6) is 0 Å². The van der Waals surface area contributed by atoms with Gasteiger partial charge < -0.3 is 18.9 Å². The van der Waals surface area contributed by atoms with E-state index in [1.165, 1.54) is 29.9 Å². The zero-order chi connectivity index (χ0) is 17.9. The van der Waals surface area contributed by atoms with Gasteiger partial charge in [0.1, 0.15) is 16.3 Å². The molecule has 3 rings (SSSR count). The quantitative estimate of drug-likeness (QED) is 0.747. The number of H-pyrrole nitrogens is 1. The number of aromatic amines is 1. The normalized spacial score (nSPS) is 17.9. The number of aromatic nitrogens is 1. The predicted molar refractivity (Wildman–Crippen MR) is 87.4 cm³/mol. The van der Waals surface area contributed by atoms with Gasteiger partial charge in [0.05, 0.1) is 26.0 Å². The van der Waals surface area contributed by atoms with Gasteiger partial charge in [0.2, 0.25) is 10.0 Å². The highest BCUT2D eigenvalue weighted by molar-refractivity contribution is 7.89. The molecule has 3 heterocycles. The van der Waals surface area contributed by atoms with Crippen molar-refractivity contribution in [3.8, 4) is 0 Å². The lowest BCUT2D eigenvalue weighted by Crippen LogP contribution is -2.36. The number of methoxy groups -OCH3 is 1. The second kappa shape index (κ2) is 7.42. The van der Waals surface area contributed by atoms with Gasteiger partial charge in [-0.3, -0.25) is 0 Å². The maximum atomic E-state index is 13.0. The van der Waals surface area contributed by atoms with Crippen molar-refractivity contribution in [1.82, 2.24) is 9.29 Å². The maximum absolute atomic E-state index is 13.0. The summed E-state index contributed by atoms with van der Waals surface area (Å²) in [5, 5.41) is 0. The molecule has 1 N–H and O–H groups in total. The van der Waals surface area contributed by atoms with E-state index in [1.807, 2.05) is 0 Å². The van der Waals surface area contributed by atoms with Crippen molar-refractivity contribution in [2.24, 2.45) is 0 Å². The van der Waals surface area contributed by atoms with Crippen molar-refractivity contribution in [2.75, 3.05) is 20.3 Å². The van der Waals surface area contributed by atoms with E-state index in [2.05, 4.69) is 9.72 Å². The molecular weight excluding hydrogens is 348 g/mol. The predicted octanol–water partition coefficient (Wildman–Crippen LogP) is 1.76. The number of hydrogen-bond acceptors (Lipinski definition) is 6. The third kappa shape index (κ3) is 3.94. The van der Waals surface area contributed by atoms with Crippen LogP contribution in [0.3, 0.4) is 0 Å². The Labute approximate surface area is 145 Å². The van der Waals surface area contributed by atoms with Crippen molar-refractivity contribution in [2.45, 2.75) is 30.4 Å². The van der Waals surface area contributed by atoms with Crippen LogP contribution < -0.4 is 0 Å². The van der Waals surface area contributed by atoms with Crippen LogP contribution in [0.4, 0.5) is 0 Å². The fraction of sp³-hybridized carbons (Fsp3) is 0.438. The second-order valence-electron chi connectivity index (χ2n) is 5.75. The van der Waals surface area contributed by atoms with Crippen LogP contribution in [0.1, 0.15) is 29.1 Å². The topological polar surface area (TPSA) is 102 Å². The molecule has 0 bridgehead atoms. The molecule has 1 atom stereocenters. The highest BCUT2D eigenvalue weighted by Crippen LogP contribution is 2.23. The van der Waals surface area contributed by atoms with Crippen LogP contribution in [0.2, 0.25) is 0 Å². The Morgan fingerprint density at radius 2 is 2.32 bits per heavy atom. The Morgan fingerprint density at radius 1 is 1.48 bits per heavy atom. The minimum absolute atomic E-state index is 0.00236. The van der Waals surface area contributed by atoms with E-state index in [0.29, 0.717) is 12.4 Å². The average molecular weight is 368 g/mol. The number of furan rings is 1. The van der Waals surface area contributed by atoms with Crippen LogP contribution >= 0.6 is 0 Å². The molecule has 0 saturated carbocycles. The van der Waals surface area contributed by atoms with E-state index >= 15 is 0 Å². The number of esters is 1. The SMILES string of the molecule is COC(=O)c1cc(S(=O)(=O)N(Cc2ccco2)C[C@H]2CCCO2)c[nH]1. The molecular formula is C16H20N2O6S. The number of ether oxygens (including phenoxy) is 2. The lowest BCUT2D eigenvalue weighted by molar-refractivity contribution is 0.0594. The Hall–Kier alpha value is -2.10. The monoisotopic (exact) mass is 368 g/mol. The summed E-state index contributed by atoms with van der Waals surface area (Å²) >= 11 is 0. The van der Waals surface area contributed by atoms with Gasteiger partial charge in [-0.2, -0.15) is 4.31 Å². The van der Waals surface area contributed by atoms with Gasteiger partial charge in [-0.25, -0.2) is 13.2 Å². The fourth-order valence-corrected chi connectivity index (χ4v) is 4.17. The number of carbonyl (C=O) groups excluding carboxylic acids is 1. The molecule has 1 aliphatic heterocycles. The summed E-state index contributed by atoms with van der Waals surface area (Å²) in [5.41, 5.74) is 0.0798. The Balaban J connectivity index is 1.86. The van der Waals surface area contributed by atoms with Crippen LogP contribution in [-0.4, -0.2) is 50.0 Å². The van der Waals surface area contributed by atoms with Crippen molar-refractivity contribution >= 4 is 16.0 Å². The van der Waals surface area contributed by atoms with Gasteiger partial charge in [0, 0.05) is 19.3 Å². The van der Waals surface area contributed by atoms with Gasteiger partial charge >= 0.3 is 5.97 Å². The van der Waals surface area contributed by atoms with Crippen molar-refractivity contribution in [1.29, 1.82) is 0 Å². The van der Waals surface area contributed by atoms with E-state index < -0.39 is 16.0 Å². The number of carbonyl (C=O) groups is 1. The lowest BCUT2D eigenvalue weighted by atomic mass is 10.2. The summed E-state index contributed by atoms with van der Waals surface area (Å²) in [5.74, 6) is -0.0940. The molecule has 2 aromatic heterocycles. The van der Waals surface area contributed by atoms with Crippen molar-refractivity contribution < 1.29 is 27.1 Å². The Bertz CT molecular complexity index is 806. The van der Waals surface area contributed by atoms with Crippen LogP contribution in [0, 0.1) is 0 Å². The number of sulfonamides is 1. The number of nitrogens with zero attached hydrogens (tertiary/aromatic N) is 1. The minimum Gasteiger partial charge on any atom is -0.468 e. The molecule has 0 radical (unpaired) electrons. The first-order valence-corrected chi connectivity index (χ1v) is 9.35. The second-order valence-corrected chi connectivity index (χ2v) is 7.69. The van der Waals surface area contributed by atoms with Crippen LogP contribution in [0.15, 0.2) is 40.0 Å². The molecule has 0 aliphatic carbocycles. The molecule has 1 aliphatic rings. The van der Waals surface area contributed by atoms with Crippen molar-refractivity contribution in [3.05, 3.63) is 42.1 Å². The molecule has 1 fully saturated rings. The molecule has 8 nitrogen and oxygen atoms in total. The standard InChI is InChI=1S/C16H20N2O6S/c1-22-16(19)15-8-14(9-17-15)25(20,21)18(10-12-4-2-6-23-12)11-13-5-3-7-24-13/h2,4,6,8-9,13,17H,3,5,7,10-11H2,1H3/t13-/m1/s1. The lowest BCUT2D eigenvalue weighted by Gasteiger charge is -2.23. The maximum Gasteiger partial charge on any atom is 0.354 e. The molecule has 0 amide bonds. The van der Waals surface area contributed by atoms with Gasteiger partial charge in [-0.05, 0) is 31.0 Å². The van der Waals surface area contributed by atoms with E-state index in [4.69, 9.17) is 9.15 Å². The molecule has 136 valence electrons. The first-order chi connectivity index (χ1) is 12.0. The summed E-state index contributed by atoms with van der Waals surface area (Å²) in [4.78, 5) is 14.2. The minimum atomic E-state index is -3.83. The van der Waals surface area contributed by atoms with Crippen LogP contribution in [0.25, 0.3) is 0 Å². The molecule has 2 aromatic rings. The van der Waals surface area contributed by atoms with Gasteiger partial charge in [0.25, 0.3) is 0 Å². The first-order valence-electron chi connectivity index (χ1n) is 7.91. The van der Waals surface area contributed by atoms with Gasteiger partial charge in [-0.15, -0.1) is 0 Å². The smallest absolute Gasteiger partial charge is 0.354 e. The highest BCUT2D eigenvalue weighted by atomic mass is 32.2. The van der Waals surface area contributed by atoms with Gasteiger partial charge in [0.15, 0.2) is 0 Å². The molecule has 0 unspecified atom stereocenters. The summed E-state index contributed by atoms with van der Waals surface area (Å²) in [7, 11) is -2.60. The molecule has 0 spiro atoms. The van der Waals surface area contributed by atoms with Crippen LogP contribution in [-0.2, 0) is 26.0 Å². The number of hydrogen-bond donors (Lipinski definition) is 1. The fourth-order valence-electron chi connectivity index (χ4n) is 2.74. The first kappa shape index (κ1) is 17.7. The highest BCUT2D eigenvalue weighted by Gasteiger charge is 2.31. The Kier molecular flexibility index (Phi) is 5.26. The van der Waals surface area contributed by atoms with E-state index in [-0.39, 0.29) is 29.8 Å². The number of nitrogens with one attached hydrogen (secondary N) is 1. The van der Waals surface area contributed by atoms with E-state index in [1.54, 1.807) is 12.1 Å². The molecule has 1 saturated heterocycles. The largest absolute Gasteiger partial charge is 0.468 e. The third-order valence-electron chi connectivity index (χ3n) is 4.04. The molecule has 9 heteroatoms. The zero-order valence-corrected chi connectivity index (χ0v) is 14.6. The van der Waals surface area contributed by atoms with E-state index in [0.717, 1.165) is 12.8 Å². The third-order valence-corrected chi connectivity index (χ3v) is 5.83. The summed E-state index contributed by atoms with van der Waals surface area (Å²) in [6, 6.07) is 4.69. The average Bonchev–Trinajstić information content (AvgIpc) is 3.35. The Morgan fingerprint density at radius 3 is 2.96 bits per heavy atom. The van der Waals surface area contributed by atoms with E-state index in [9.17, 15) is 13.2 Å². The van der Waals surface area contributed by atoms with Crippen molar-refractivity contribution in [3.63, 3.8) is 0 Å². The molecule has 0 aromatic carbocycles. The summed E-state index contributed by atoms with van der Waals surface area (Å²) < 4.78 is 42.8. The summed E-state index contributed by atoms with van der Waals surface area (Å²) in [6.45, 7) is 0.950. The zero-order valence-electron chi connectivity index (χ0n) is 13.8. The summed E-state index contributed by atoms with van der Waals surface area (Å²) in [6.07, 6.45) is 4.36. The van der Waals surface area contributed by atoms with Gasteiger partial charge in [-0.1, -0.05) is 0 Å². The number of rotatable bonds is 7.